The maximum absolute atomic E-state index is 14.9. The van der Waals surface area contributed by atoms with Crippen molar-refractivity contribution >= 4 is 44.5 Å². The number of piperazine rings is 1. The van der Waals surface area contributed by atoms with Crippen LogP contribution in [0.2, 0.25) is 0 Å². The Morgan fingerprint density at radius 3 is 2.87 bits per heavy atom. The lowest BCUT2D eigenvalue weighted by molar-refractivity contribution is 0.100. The summed E-state index contributed by atoms with van der Waals surface area (Å²) in [7, 11) is 1.80. The average Bonchev–Trinajstić information content (AvgIpc) is 3.05. The van der Waals surface area contributed by atoms with Crippen LogP contribution in [0.4, 0.5) is 13.6 Å². The van der Waals surface area contributed by atoms with E-state index in [1.54, 1.807) is 13.1 Å². The molecule has 0 aliphatic carbocycles. The van der Waals surface area contributed by atoms with Gasteiger partial charge in [0.15, 0.2) is 5.82 Å². The first-order valence-electron chi connectivity index (χ1n) is 9.75. The predicted octanol–water partition coefficient (Wildman–Crippen LogP) is 3.14. The summed E-state index contributed by atoms with van der Waals surface area (Å²) in [6.07, 6.45) is -1.82. The van der Waals surface area contributed by atoms with Crippen molar-refractivity contribution in [3.8, 4) is 6.01 Å². The van der Waals surface area contributed by atoms with E-state index >= 15 is 0 Å². The van der Waals surface area contributed by atoms with Gasteiger partial charge in [0.25, 0.3) is 0 Å². The van der Waals surface area contributed by atoms with Gasteiger partial charge in [0.05, 0.1) is 16.2 Å². The number of hydrogen-bond donors (Lipinski definition) is 2. The van der Waals surface area contributed by atoms with E-state index in [-0.39, 0.29) is 47.4 Å². The number of halogens is 4. The lowest BCUT2D eigenvalue weighted by Gasteiger charge is -2.37. The number of carbonyl (C=O) groups is 1. The fourth-order valence-electron chi connectivity index (χ4n) is 4.05. The highest BCUT2D eigenvalue weighted by Gasteiger charge is 2.37. The number of rotatable bonds is 4. The largest absolute Gasteiger partial charge is 0.465 e. The van der Waals surface area contributed by atoms with E-state index < -0.39 is 29.6 Å². The van der Waals surface area contributed by atoms with E-state index in [0.29, 0.717) is 18.4 Å². The molecule has 1 aromatic carbocycles. The molecule has 4 atom stereocenters. The Labute approximate surface area is 190 Å². The molecule has 1 amide bonds. The second kappa shape index (κ2) is 8.97. The molecule has 168 valence electrons. The van der Waals surface area contributed by atoms with E-state index in [9.17, 15) is 18.7 Å². The van der Waals surface area contributed by atoms with Gasteiger partial charge in [0.1, 0.15) is 23.8 Å². The van der Waals surface area contributed by atoms with Gasteiger partial charge in [-0.25, -0.2) is 13.6 Å². The second-order valence-corrected chi connectivity index (χ2v) is 9.04. The number of fused-ring (bicyclic) bond motifs is 1. The number of amides is 1. The molecule has 0 saturated carbocycles. The lowest BCUT2D eigenvalue weighted by atomic mass is 10.0. The fraction of sp³-hybridized carbons (Fsp3) is 0.526. The summed E-state index contributed by atoms with van der Waals surface area (Å²) in [5, 5.41) is 13.1. The zero-order chi connectivity index (χ0) is 22.3. The Balaban J connectivity index is 1.74. The summed E-state index contributed by atoms with van der Waals surface area (Å²) >= 11 is 9.38. The molecule has 1 aromatic heterocycles. The van der Waals surface area contributed by atoms with Gasteiger partial charge in [-0.15, -0.1) is 0 Å². The normalized spacial score (nSPS) is 27.1. The number of benzene rings is 1. The van der Waals surface area contributed by atoms with E-state index in [2.05, 4.69) is 31.2 Å². The van der Waals surface area contributed by atoms with Crippen molar-refractivity contribution in [3.05, 3.63) is 28.1 Å². The molecule has 3 heterocycles. The van der Waals surface area contributed by atoms with Crippen molar-refractivity contribution in [2.75, 3.05) is 33.3 Å². The molecule has 2 unspecified atom stereocenters. The van der Waals surface area contributed by atoms with Crippen LogP contribution < -0.4 is 10.1 Å². The summed E-state index contributed by atoms with van der Waals surface area (Å²) in [6, 6.07) is 2.10. The number of nitrogens with zero attached hydrogens (tertiary/aromatic N) is 4. The third-order valence-corrected chi connectivity index (χ3v) is 6.61. The highest BCUT2D eigenvalue weighted by molar-refractivity contribution is 9.10. The van der Waals surface area contributed by atoms with Gasteiger partial charge >= 0.3 is 12.1 Å². The third-order valence-electron chi connectivity index (χ3n) is 5.64. The number of hydrogen-bond acceptors (Lipinski definition) is 6. The zero-order valence-electron chi connectivity index (χ0n) is 16.6. The minimum atomic E-state index is -1.21. The number of likely N-dealkylation sites (N-methyl/N-ethyl adjacent to an activating group) is 1. The molecule has 0 radical (unpaired) electrons. The maximum Gasteiger partial charge on any atom is 0.409 e. The molecule has 2 saturated heterocycles. The summed E-state index contributed by atoms with van der Waals surface area (Å²) in [4.78, 5) is 23.5. The van der Waals surface area contributed by atoms with Crippen LogP contribution in [-0.2, 0) is 0 Å². The molecule has 2 aliphatic rings. The molecule has 8 nitrogen and oxygen atoms in total. The fourth-order valence-corrected chi connectivity index (χ4v) is 4.70. The average molecular weight is 521 g/mol. The van der Waals surface area contributed by atoms with Crippen LogP contribution in [0.5, 0.6) is 6.01 Å². The molecule has 0 bridgehead atoms. The molecule has 2 aromatic rings. The first kappa shape index (κ1) is 22.4. The number of likely N-dealkylation sites (tertiary alicyclic amines) is 1. The molecule has 4 rings (SSSR count). The first-order valence-corrected chi connectivity index (χ1v) is 11.0. The van der Waals surface area contributed by atoms with Crippen LogP contribution in [0.15, 0.2) is 16.6 Å². The monoisotopic (exact) mass is 519 g/mol. The number of carboxylic acid groups (broad SMARTS) is 1. The Kier molecular flexibility index (Phi) is 6.47. The molecule has 2 fully saturated rings. The van der Waals surface area contributed by atoms with Crippen molar-refractivity contribution in [2.24, 2.45) is 0 Å². The van der Waals surface area contributed by atoms with Crippen molar-refractivity contribution in [1.29, 1.82) is 0 Å². The highest BCUT2D eigenvalue weighted by Crippen LogP contribution is 2.34. The molecular weight excluding hydrogens is 500 g/mol. The van der Waals surface area contributed by atoms with Crippen LogP contribution in [0.25, 0.3) is 10.9 Å². The summed E-state index contributed by atoms with van der Waals surface area (Å²) in [5.74, 6) is -0.610. The van der Waals surface area contributed by atoms with E-state index in [4.69, 9.17) is 16.3 Å². The van der Waals surface area contributed by atoms with Crippen LogP contribution >= 0.6 is 27.5 Å². The highest BCUT2D eigenvalue weighted by atomic mass is 79.9. The molecule has 2 aliphatic heterocycles. The second-order valence-electron chi connectivity index (χ2n) is 7.68. The minimum absolute atomic E-state index is 0.000413. The van der Waals surface area contributed by atoms with Crippen molar-refractivity contribution < 1.29 is 23.4 Å². The Bertz CT molecular complexity index is 1000. The van der Waals surface area contributed by atoms with Gasteiger partial charge in [-0.1, -0.05) is 11.6 Å². The SMILES string of the molecule is CN1C[C@H](F)C[C@H]1COc1nc(C2CNCC(Cl)N2C(=O)O)c2ccc(Br)c(F)c2n1. The number of ether oxygens (including phenoxy) is 1. The minimum Gasteiger partial charge on any atom is -0.465 e. The van der Waals surface area contributed by atoms with E-state index in [1.807, 2.05) is 4.90 Å². The number of aromatic nitrogens is 2. The van der Waals surface area contributed by atoms with Crippen LogP contribution in [0, 0.1) is 5.82 Å². The van der Waals surface area contributed by atoms with Crippen molar-refractivity contribution in [1.82, 2.24) is 25.1 Å². The summed E-state index contributed by atoms with van der Waals surface area (Å²) in [6.45, 7) is 0.960. The van der Waals surface area contributed by atoms with E-state index in [0.717, 1.165) is 4.90 Å². The summed E-state index contributed by atoms with van der Waals surface area (Å²) in [5.41, 5.74) is -0.533. The number of alkyl halides is 2. The van der Waals surface area contributed by atoms with Crippen LogP contribution in [-0.4, -0.2) is 82.0 Å². The van der Waals surface area contributed by atoms with Crippen molar-refractivity contribution in [3.63, 3.8) is 0 Å². The quantitative estimate of drug-likeness (QED) is 0.473. The van der Waals surface area contributed by atoms with Crippen LogP contribution in [0.3, 0.4) is 0 Å². The molecule has 12 heteroatoms. The van der Waals surface area contributed by atoms with Gasteiger partial charge in [0.2, 0.25) is 0 Å². The molecule has 0 spiro atoms. The first-order chi connectivity index (χ1) is 14.8. The zero-order valence-corrected chi connectivity index (χ0v) is 18.9. The van der Waals surface area contributed by atoms with Gasteiger partial charge in [0, 0.05) is 31.1 Å². The third kappa shape index (κ3) is 4.41. The van der Waals surface area contributed by atoms with Gasteiger partial charge in [-0.05, 0) is 41.5 Å². The predicted molar refractivity (Wildman–Crippen MR) is 114 cm³/mol. The molecule has 2 N–H and O–H groups in total. The Hall–Kier alpha value is -1.82. The van der Waals surface area contributed by atoms with Crippen LogP contribution in [0.1, 0.15) is 18.2 Å². The maximum atomic E-state index is 14.9. The smallest absolute Gasteiger partial charge is 0.409 e. The lowest BCUT2D eigenvalue weighted by Crippen LogP contribution is -2.52. The number of nitrogens with one attached hydrogen (secondary N) is 1. The van der Waals surface area contributed by atoms with Gasteiger partial charge < -0.3 is 15.2 Å². The van der Waals surface area contributed by atoms with Gasteiger partial charge in [-0.2, -0.15) is 9.97 Å². The van der Waals surface area contributed by atoms with Crippen molar-refractivity contribution in [2.45, 2.75) is 30.2 Å². The Morgan fingerprint density at radius 2 is 2.19 bits per heavy atom. The standard InChI is InChI=1S/C19H21BrClF2N5O3/c1-27-7-9(22)4-10(27)8-31-18-25-16(11-2-3-12(20)15(23)17(11)26-18)13-5-24-6-14(21)28(13)19(29)30/h2-3,9-10,13-14,24H,4-8H2,1H3,(H,29,30)/t9-,10+,13?,14?/m1/s1. The topological polar surface area (TPSA) is 90.8 Å². The molecule has 31 heavy (non-hydrogen) atoms. The Morgan fingerprint density at radius 1 is 1.42 bits per heavy atom. The van der Waals surface area contributed by atoms with Gasteiger partial charge in [-0.3, -0.25) is 9.80 Å². The summed E-state index contributed by atoms with van der Waals surface area (Å²) < 4.78 is 34.5. The van der Waals surface area contributed by atoms with E-state index in [1.165, 1.54) is 6.07 Å². The molecular formula is C19H21BrClF2N5O3.